The van der Waals surface area contributed by atoms with E-state index in [9.17, 15) is 9.90 Å². The molecule has 2 atom stereocenters. The van der Waals surface area contributed by atoms with Crippen LogP contribution < -0.4 is 10.6 Å². The zero-order chi connectivity index (χ0) is 14.5. The quantitative estimate of drug-likeness (QED) is 0.434. The maximum Gasteiger partial charge on any atom is 0.236 e. The molecule has 0 fully saturated rings. The fourth-order valence-electron chi connectivity index (χ4n) is 1.37. The summed E-state index contributed by atoms with van der Waals surface area (Å²) in [5.41, 5.74) is 0. The lowest BCUT2D eigenvalue weighted by atomic mass is 10.3. The topological polar surface area (TPSA) is 79.8 Å². The lowest BCUT2D eigenvalue weighted by Gasteiger charge is -2.16. The average molecular weight is 276 g/mol. The number of nitrogens with one attached hydrogen (secondary N) is 2. The highest BCUT2D eigenvalue weighted by molar-refractivity contribution is 5.80. The minimum absolute atomic E-state index is 0.0996. The Hall–Kier alpha value is -0.690. The SMILES string of the molecule is CCCCOCCOCC(O)CNC(C)C(=O)NC. The van der Waals surface area contributed by atoms with E-state index in [2.05, 4.69) is 17.6 Å². The van der Waals surface area contributed by atoms with Crippen LogP contribution in [0.5, 0.6) is 0 Å². The van der Waals surface area contributed by atoms with Crippen LogP contribution in [0, 0.1) is 0 Å². The van der Waals surface area contributed by atoms with Gasteiger partial charge in [0.25, 0.3) is 0 Å². The molecule has 0 saturated carbocycles. The van der Waals surface area contributed by atoms with Gasteiger partial charge in [0.15, 0.2) is 0 Å². The number of carbonyl (C=O) groups is 1. The van der Waals surface area contributed by atoms with Gasteiger partial charge in [0, 0.05) is 20.2 Å². The second-order valence-electron chi connectivity index (χ2n) is 4.44. The largest absolute Gasteiger partial charge is 0.389 e. The Bertz CT molecular complexity index is 227. The Balaban J connectivity index is 3.39. The Morgan fingerprint density at radius 2 is 1.95 bits per heavy atom. The number of ether oxygens (including phenoxy) is 2. The van der Waals surface area contributed by atoms with Crippen LogP contribution in [-0.4, -0.2) is 63.2 Å². The van der Waals surface area contributed by atoms with Gasteiger partial charge in [-0.05, 0) is 13.3 Å². The summed E-state index contributed by atoms with van der Waals surface area (Å²) in [6, 6.07) is -0.322. The Morgan fingerprint density at radius 1 is 1.26 bits per heavy atom. The van der Waals surface area contributed by atoms with Crippen LogP contribution in [0.25, 0.3) is 0 Å². The number of aliphatic hydroxyl groups is 1. The van der Waals surface area contributed by atoms with Crippen LogP contribution in [0.3, 0.4) is 0 Å². The van der Waals surface area contributed by atoms with E-state index < -0.39 is 6.10 Å². The van der Waals surface area contributed by atoms with Crippen molar-refractivity contribution in [2.24, 2.45) is 0 Å². The maximum absolute atomic E-state index is 11.2. The van der Waals surface area contributed by atoms with Gasteiger partial charge in [0.05, 0.1) is 32.0 Å². The molecule has 0 aliphatic rings. The third-order valence-corrected chi connectivity index (χ3v) is 2.62. The number of rotatable bonds is 12. The van der Waals surface area contributed by atoms with Gasteiger partial charge >= 0.3 is 0 Å². The zero-order valence-corrected chi connectivity index (χ0v) is 12.3. The van der Waals surface area contributed by atoms with Gasteiger partial charge in [0.2, 0.25) is 5.91 Å². The van der Waals surface area contributed by atoms with Crippen molar-refractivity contribution in [1.82, 2.24) is 10.6 Å². The number of likely N-dealkylation sites (N-methyl/N-ethyl adjacent to an activating group) is 1. The molecule has 19 heavy (non-hydrogen) atoms. The van der Waals surface area contributed by atoms with E-state index in [1.54, 1.807) is 14.0 Å². The van der Waals surface area contributed by atoms with E-state index in [-0.39, 0.29) is 18.6 Å². The molecule has 0 rings (SSSR count). The molecule has 6 nitrogen and oxygen atoms in total. The van der Waals surface area contributed by atoms with Crippen LogP contribution in [0.15, 0.2) is 0 Å². The summed E-state index contributed by atoms with van der Waals surface area (Å²) < 4.78 is 10.6. The summed E-state index contributed by atoms with van der Waals surface area (Å²) in [6.45, 7) is 6.21. The van der Waals surface area contributed by atoms with Gasteiger partial charge < -0.3 is 25.2 Å². The third kappa shape index (κ3) is 10.9. The van der Waals surface area contributed by atoms with Crippen molar-refractivity contribution in [1.29, 1.82) is 0 Å². The minimum atomic E-state index is -0.622. The summed E-state index contributed by atoms with van der Waals surface area (Å²) in [6.07, 6.45) is 1.56. The standard InChI is InChI=1S/C13H28N2O4/c1-4-5-6-18-7-8-19-10-12(16)9-15-11(2)13(17)14-3/h11-12,15-16H,4-10H2,1-3H3,(H,14,17). The monoisotopic (exact) mass is 276 g/mol. The van der Waals surface area contributed by atoms with Crippen molar-refractivity contribution in [2.75, 3.05) is 40.0 Å². The fourth-order valence-corrected chi connectivity index (χ4v) is 1.37. The molecule has 0 bridgehead atoms. The van der Waals surface area contributed by atoms with Gasteiger partial charge in [-0.15, -0.1) is 0 Å². The molecular formula is C13H28N2O4. The van der Waals surface area contributed by atoms with Crippen LogP contribution in [-0.2, 0) is 14.3 Å². The van der Waals surface area contributed by atoms with E-state index in [0.717, 1.165) is 19.4 Å². The van der Waals surface area contributed by atoms with Crippen molar-refractivity contribution in [3.63, 3.8) is 0 Å². The first-order valence-electron chi connectivity index (χ1n) is 6.90. The molecule has 0 radical (unpaired) electrons. The minimum Gasteiger partial charge on any atom is -0.389 e. The Kier molecular flexibility index (Phi) is 11.9. The Labute approximate surface area is 115 Å². The second kappa shape index (κ2) is 12.3. The molecule has 0 aromatic carbocycles. The van der Waals surface area contributed by atoms with Crippen molar-refractivity contribution >= 4 is 5.91 Å². The van der Waals surface area contributed by atoms with Gasteiger partial charge in [-0.1, -0.05) is 13.3 Å². The van der Waals surface area contributed by atoms with Gasteiger partial charge in [-0.2, -0.15) is 0 Å². The van der Waals surface area contributed by atoms with E-state index in [1.165, 1.54) is 0 Å². The Morgan fingerprint density at radius 3 is 2.58 bits per heavy atom. The molecule has 2 unspecified atom stereocenters. The van der Waals surface area contributed by atoms with Crippen LogP contribution in [0.4, 0.5) is 0 Å². The number of aliphatic hydroxyl groups excluding tert-OH is 1. The first kappa shape index (κ1) is 18.3. The molecule has 0 aliphatic heterocycles. The van der Waals surface area contributed by atoms with Crippen molar-refractivity contribution in [3.8, 4) is 0 Å². The van der Waals surface area contributed by atoms with Crippen molar-refractivity contribution < 1.29 is 19.4 Å². The molecule has 0 aromatic rings. The zero-order valence-electron chi connectivity index (χ0n) is 12.3. The predicted octanol–water partition coefficient (Wildman–Crippen LogP) is -0.0953. The summed E-state index contributed by atoms with van der Waals surface area (Å²) in [4.78, 5) is 11.2. The smallest absolute Gasteiger partial charge is 0.236 e. The third-order valence-electron chi connectivity index (χ3n) is 2.62. The van der Waals surface area contributed by atoms with E-state index >= 15 is 0 Å². The molecule has 0 aliphatic carbocycles. The van der Waals surface area contributed by atoms with Crippen LogP contribution >= 0.6 is 0 Å². The average Bonchev–Trinajstić information content (AvgIpc) is 2.42. The van der Waals surface area contributed by atoms with Crippen molar-refractivity contribution in [3.05, 3.63) is 0 Å². The lowest BCUT2D eigenvalue weighted by molar-refractivity contribution is -0.122. The number of hydrogen-bond acceptors (Lipinski definition) is 5. The molecule has 0 spiro atoms. The molecule has 3 N–H and O–H groups in total. The van der Waals surface area contributed by atoms with E-state index in [4.69, 9.17) is 9.47 Å². The molecule has 0 heterocycles. The molecule has 1 amide bonds. The van der Waals surface area contributed by atoms with Gasteiger partial charge in [-0.3, -0.25) is 4.79 Å². The summed E-state index contributed by atoms with van der Waals surface area (Å²) in [7, 11) is 1.58. The molecule has 114 valence electrons. The van der Waals surface area contributed by atoms with E-state index in [1.807, 2.05) is 0 Å². The van der Waals surface area contributed by atoms with Crippen LogP contribution in [0.1, 0.15) is 26.7 Å². The second-order valence-corrected chi connectivity index (χ2v) is 4.44. The molecule has 6 heteroatoms. The van der Waals surface area contributed by atoms with E-state index in [0.29, 0.717) is 19.8 Å². The number of amides is 1. The number of hydrogen-bond donors (Lipinski definition) is 3. The number of carbonyl (C=O) groups excluding carboxylic acids is 1. The molecule has 0 aromatic heterocycles. The fraction of sp³-hybridized carbons (Fsp3) is 0.923. The van der Waals surface area contributed by atoms with Gasteiger partial charge in [0.1, 0.15) is 0 Å². The van der Waals surface area contributed by atoms with Crippen molar-refractivity contribution in [2.45, 2.75) is 38.8 Å². The molecular weight excluding hydrogens is 248 g/mol. The number of unbranched alkanes of at least 4 members (excludes halogenated alkanes) is 1. The summed E-state index contributed by atoms with van der Waals surface area (Å²) in [5.74, 6) is -0.0996. The highest BCUT2D eigenvalue weighted by atomic mass is 16.5. The lowest BCUT2D eigenvalue weighted by Crippen LogP contribution is -2.44. The normalized spacial score (nSPS) is 14.1. The summed E-state index contributed by atoms with van der Waals surface area (Å²) in [5, 5.41) is 15.1. The van der Waals surface area contributed by atoms with Crippen LogP contribution in [0.2, 0.25) is 0 Å². The predicted molar refractivity (Wildman–Crippen MR) is 74.1 cm³/mol. The first-order valence-corrected chi connectivity index (χ1v) is 6.90. The van der Waals surface area contributed by atoms with Gasteiger partial charge in [-0.25, -0.2) is 0 Å². The first-order chi connectivity index (χ1) is 9.11. The highest BCUT2D eigenvalue weighted by Crippen LogP contribution is 1.90. The maximum atomic E-state index is 11.2. The highest BCUT2D eigenvalue weighted by Gasteiger charge is 2.12. The molecule has 0 saturated heterocycles. The summed E-state index contributed by atoms with van der Waals surface area (Å²) >= 11 is 0.